The summed E-state index contributed by atoms with van der Waals surface area (Å²) in [7, 11) is -5.00. The van der Waals surface area contributed by atoms with E-state index in [0.29, 0.717) is 6.42 Å². The predicted octanol–water partition coefficient (Wildman–Crippen LogP) is 7.44. The van der Waals surface area contributed by atoms with Crippen molar-refractivity contribution in [3.8, 4) is 0 Å². The van der Waals surface area contributed by atoms with Gasteiger partial charge in [0.2, 0.25) is 0 Å². The van der Waals surface area contributed by atoms with E-state index in [0.717, 1.165) is 51.4 Å². The largest absolute Gasteiger partial charge is 1.00 e. The van der Waals surface area contributed by atoms with E-state index in [1.807, 2.05) is 0 Å². The number of hydrogen-bond donors (Lipinski definition) is 1. The van der Waals surface area contributed by atoms with Gasteiger partial charge in [-0.3, -0.25) is 14.2 Å². The second-order valence-corrected chi connectivity index (χ2v) is 14.1. The van der Waals surface area contributed by atoms with E-state index in [2.05, 4.69) is 30.5 Å². The fraction of sp³-hybridized carbons (Fsp3) is 0.892. The quantitative estimate of drug-likeness (QED) is 0.0239. The number of phosphoric acid groups is 1. The van der Waals surface area contributed by atoms with Crippen molar-refractivity contribution in [2.75, 3.05) is 13.2 Å². The summed E-state index contributed by atoms with van der Waals surface area (Å²) in [5, 5.41) is 0. The Morgan fingerprint density at radius 3 is 1.36 bits per heavy atom. The van der Waals surface area contributed by atoms with Crippen molar-refractivity contribution >= 4 is 19.8 Å². The molecule has 0 saturated carbocycles. The molecule has 1 N–H and O–H groups in total. The third-order valence-corrected chi connectivity index (χ3v) is 8.75. The van der Waals surface area contributed by atoms with Gasteiger partial charge in [-0.05, 0) is 38.5 Å². The summed E-state index contributed by atoms with van der Waals surface area (Å²) in [6.07, 6.45) is 34.8. The summed E-state index contributed by atoms with van der Waals surface area (Å²) in [4.78, 5) is 44.5. The van der Waals surface area contributed by atoms with Crippen LogP contribution in [0.15, 0.2) is 12.2 Å². The molecule has 0 aromatic heterocycles. The third-order valence-electron chi connectivity index (χ3n) is 8.28. The molecule has 0 aromatic carbocycles. The number of esters is 2. The van der Waals surface area contributed by atoms with Crippen LogP contribution in [0.1, 0.15) is 194 Å². The first kappa shape index (κ1) is 48.9. The molecule has 0 aliphatic heterocycles. The summed E-state index contributed by atoms with van der Waals surface area (Å²) < 4.78 is 26.0. The Morgan fingerprint density at radius 1 is 0.596 bits per heavy atom. The van der Waals surface area contributed by atoms with Crippen molar-refractivity contribution in [2.45, 2.75) is 200 Å². The number of unbranched alkanes of at least 4 members (excludes halogenated alkanes) is 23. The number of phosphoric ester groups is 1. The van der Waals surface area contributed by atoms with Crippen LogP contribution >= 0.6 is 7.82 Å². The molecular formula is C37H70NaO8P. The van der Waals surface area contributed by atoms with Gasteiger partial charge in [0.15, 0.2) is 6.10 Å². The molecule has 8 nitrogen and oxygen atoms in total. The van der Waals surface area contributed by atoms with Gasteiger partial charge in [0.25, 0.3) is 7.82 Å². The molecule has 10 heteroatoms. The first-order chi connectivity index (χ1) is 22.3. The van der Waals surface area contributed by atoms with E-state index in [4.69, 9.17) is 14.4 Å². The van der Waals surface area contributed by atoms with Gasteiger partial charge in [0.1, 0.15) is 6.61 Å². The first-order valence-electron chi connectivity index (χ1n) is 19.0. The Balaban J connectivity index is 0. The fourth-order valence-corrected chi connectivity index (χ4v) is 5.78. The maximum atomic E-state index is 12.3. The summed E-state index contributed by atoms with van der Waals surface area (Å²) >= 11 is 0. The molecule has 0 aliphatic rings. The van der Waals surface area contributed by atoms with E-state index >= 15 is 0 Å². The van der Waals surface area contributed by atoms with Gasteiger partial charge in [0.05, 0.1) is 6.61 Å². The fourth-order valence-electron chi connectivity index (χ4n) is 5.42. The molecule has 0 saturated heterocycles. The summed E-state index contributed by atoms with van der Waals surface area (Å²) in [5.41, 5.74) is 0. The van der Waals surface area contributed by atoms with Crippen LogP contribution in [0.2, 0.25) is 0 Å². The van der Waals surface area contributed by atoms with Crippen LogP contribution in [-0.2, 0) is 28.2 Å². The van der Waals surface area contributed by atoms with E-state index in [9.17, 15) is 19.0 Å². The first-order valence-corrected chi connectivity index (χ1v) is 20.5. The van der Waals surface area contributed by atoms with Crippen LogP contribution in [-0.4, -0.2) is 36.1 Å². The Bertz CT molecular complexity index is 773. The number of ether oxygens (including phenoxy) is 2. The van der Waals surface area contributed by atoms with Crippen LogP contribution in [0, 0.1) is 0 Å². The Hall–Kier alpha value is -0.210. The number of hydrogen-bond acceptors (Lipinski definition) is 7. The predicted molar refractivity (Wildman–Crippen MR) is 186 cm³/mol. The standard InChI is InChI=1S/C37H71O8P.Na/c1-3-5-7-9-11-13-15-17-18-20-22-24-26-28-30-32-37(39)45-35(34-44-46(40,41)42)33-43-36(38)31-29-27-25-23-21-19-16-14-12-10-8-6-4-2;/h18,20,35H,3-17,19,21-34H2,1-2H3,(H2,40,41,42);/q;+1/p-1/b20-18-;. The second-order valence-electron chi connectivity index (χ2n) is 12.9. The topological polar surface area (TPSA) is 122 Å². The van der Waals surface area contributed by atoms with Gasteiger partial charge in [0, 0.05) is 12.8 Å². The number of allylic oxidation sites excluding steroid dienone is 2. The minimum atomic E-state index is -5.00. The van der Waals surface area contributed by atoms with Gasteiger partial charge in [-0.1, -0.05) is 154 Å². The molecule has 0 radical (unpaired) electrons. The number of carbonyl (C=O) groups is 2. The zero-order chi connectivity index (χ0) is 34.0. The average Bonchev–Trinajstić information content (AvgIpc) is 3.02. The second kappa shape index (κ2) is 37.1. The molecular weight excluding hydrogens is 626 g/mol. The van der Waals surface area contributed by atoms with Crippen molar-refractivity contribution < 1.29 is 67.5 Å². The summed E-state index contributed by atoms with van der Waals surface area (Å²) in [5.74, 6) is -0.927. The minimum absolute atomic E-state index is 0. The molecule has 47 heavy (non-hydrogen) atoms. The van der Waals surface area contributed by atoms with Crippen molar-refractivity contribution in [3.05, 3.63) is 12.2 Å². The molecule has 0 fully saturated rings. The zero-order valence-electron chi connectivity index (χ0n) is 30.7. The number of carbonyl (C=O) groups excluding carboxylic acids is 2. The SMILES string of the molecule is CCCCCCCCC/C=C\CCCCCCC(=O)OC(COC(=O)CCCCCCCCCCCCCCC)COP(=O)([O-])O.[Na+]. The van der Waals surface area contributed by atoms with Crippen molar-refractivity contribution in [1.29, 1.82) is 0 Å². The normalized spacial score (nSPS) is 13.3. The van der Waals surface area contributed by atoms with Gasteiger partial charge < -0.3 is 23.8 Å². The smallest absolute Gasteiger partial charge is 0.756 e. The molecule has 0 rings (SSSR count). The molecule has 2 atom stereocenters. The van der Waals surface area contributed by atoms with Gasteiger partial charge >= 0.3 is 41.5 Å². The van der Waals surface area contributed by atoms with E-state index in [-0.39, 0.29) is 49.0 Å². The molecule has 0 spiro atoms. The zero-order valence-corrected chi connectivity index (χ0v) is 33.6. The van der Waals surface area contributed by atoms with Crippen LogP contribution < -0.4 is 34.5 Å². The minimum Gasteiger partial charge on any atom is -0.756 e. The van der Waals surface area contributed by atoms with Gasteiger partial charge in [-0.25, -0.2) is 0 Å². The average molecular weight is 697 g/mol. The molecule has 272 valence electrons. The van der Waals surface area contributed by atoms with Crippen LogP contribution in [0.4, 0.5) is 0 Å². The van der Waals surface area contributed by atoms with Crippen LogP contribution in [0.5, 0.6) is 0 Å². The van der Waals surface area contributed by atoms with Gasteiger partial charge in [-0.15, -0.1) is 0 Å². The number of rotatable bonds is 35. The summed E-state index contributed by atoms with van der Waals surface area (Å²) in [6, 6.07) is 0. The molecule has 0 aromatic rings. The van der Waals surface area contributed by atoms with Crippen molar-refractivity contribution in [1.82, 2.24) is 0 Å². The van der Waals surface area contributed by atoms with E-state index in [1.54, 1.807) is 0 Å². The third kappa shape index (κ3) is 40.1. The van der Waals surface area contributed by atoms with E-state index in [1.165, 1.54) is 109 Å². The Labute approximate surface area is 310 Å². The van der Waals surface area contributed by atoms with Crippen LogP contribution in [0.25, 0.3) is 0 Å². The molecule has 0 amide bonds. The Kier molecular flexibility index (Phi) is 38.6. The Morgan fingerprint density at radius 2 is 0.957 bits per heavy atom. The molecule has 0 bridgehead atoms. The van der Waals surface area contributed by atoms with Gasteiger partial charge in [-0.2, -0.15) is 0 Å². The van der Waals surface area contributed by atoms with Crippen LogP contribution in [0.3, 0.4) is 0 Å². The summed E-state index contributed by atoms with van der Waals surface area (Å²) in [6.45, 7) is 3.58. The maximum absolute atomic E-state index is 12.3. The monoisotopic (exact) mass is 696 g/mol. The molecule has 2 unspecified atom stereocenters. The molecule has 0 heterocycles. The van der Waals surface area contributed by atoms with E-state index < -0.39 is 32.5 Å². The maximum Gasteiger partial charge on any atom is 1.00 e. The van der Waals surface area contributed by atoms with Crippen molar-refractivity contribution in [2.24, 2.45) is 0 Å². The van der Waals surface area contributed by atoms with Crippen molar-refractivity contribution in [3.63, 3.8) is 0 Å². The molecule has 0 aliphatic carbocycles.